The first kappa shape index (κ1) is 21.2. The molecule has 1 saturated carbocycles. The van der Waals surface area contributed by atoms with Crippen molar-refractivity contribution in [3.8, 4) is 0 Å². The van der Waals surface area contributed by atoms with Crippen LogP contribution in [-0.4, -0.2) is 47.4 Å². The number of nitrogens with one attached hydrogen (secondary N) is 2. The predicted molar refractivity (Wildman–Crippen MR) is 121 cm³/mol. The van der Waals surface area contributed by atoms with Crippen molar-refractivity contribution in [1.29, 1.82) is 0 Å². The molecule has 0 saturated heterocycles. The maximum atomic E-state index is 12.2. The highest BCUT2D eigenvalue weighted by molar-refractivity contribution is 7.85. The summed E-state index contributed by atoms with van der Waals surface area (Å²) >= 11 is 0. The molecule has 156 valence electrons. The van der Waals surface area contributed by atoms with Crippen molar-refractivity contribution in [3.63, 3.8) is 0 Å². The molecule has 28 heavy (non-hydrogen) atoms. The molecule has 5 nitrogen and oxygen atoms in total. The fourth-order valence-electron chi connectivity index (χ4n) is 4.37. The van der Waals surface area contributed by atoms with Crippen LogP contribution in [0.3, 0.4) is 0 Å². The molecule has 1 aromatic carbocycles. The Morgan fingerprint density at radius 3 is 2.93 bits per heavy atom. The fourth-order valence-corrected chi connectivity index (χ4v) is 5.72. The Morgan fingerprint density at radius 2 is 2.14 bits per heavy atom. The molecule has 2 N–H and O–H groups in total. The lowest BCUT2D eigenvalue weighted by Gasteiger charge is -2.30. The maximum absolute atomic E-state index is 12.2. The number of benzene rings is 1. The van der Waals surface area contributed by atoms with Gasteiger partial charge in [-0.1, -0.05) is 25.5 Å². The van der Waals surface area contributed by atoms with Crippen LogP contribution in [0, 0.1) is 0 Å². The Bertz CT molecular complexity index is 706. The van der Waals surface area contributed by atoms with E-state index in [1.54, 1.807) is 0 Å². The lowest BCUT2D eigenvalue weighted by atomic mass is 9.95. The van der Waals surface area contributed by atoms with E-state index < -0.39 is 10.8 Å². The summed E-state index contributed by atoms with van der Waals surface area (Å²) in [6, 6.07) is 7.13. The summed E-state index contributed by atoms with van der Waals surface area (Å²) in [5.41, 5.74) is 4.07. The van der Waals surface area contributed by atoms with Crippen LogP contribution in [0.15, 0.2) is 23.2 Å². The first-order valence-corrected chi connectivity index (χ1v) is 12.2. The molecule has 0 bridgehead atoms. The Labute approximate surface area is 172 Å². The molecule has 0 aromatic heterocycles. The van der Waals surface area contributed by atoms with E-state index in [9.17, 15) is 4.21 Å². The predicted octanol–water partition coefficient (Wildman–Crippen LogP) is 3.20. The van der Waals surface area contributed by atoms with Crippen LogP contribution in [0.2, 0.25) is 0 Å². The standard InChI is InChI=1S/C22H36N4OS/c1-4-23-22(25-19-9-6-10-20(15-19)28(27)5-2)24-16-17-11-12-21-18(14-17)8-7-13-26(21)3/h11-12,14,19-20H,4-10,13,15-16H2,1-3H3,(H2,23,24,25). The molecule has 0 spiro atoms. The average molecular weight is 405 g/mol. The quantitative estimate of drug-likeness (QED) is 0.565. The molecule has 2 aliphatic rings. The van der Waals surface area contributed by atoms with Gasteiger partial charge in [0.25, 0.3) is 0 Å². The Morgan fingerprint density at radius 1 is 1.29 bits per heavy atom. The van der Waals surface area contributed by atoms with Crippen molar-refractivity contribution in [2.75, 3.05) is 30.8 Å². The van der Waals surface area contributed by atoms with Gasteiger partial charge >= 0.3 is 0 Å². The molecular formula is C22H36N4OS. The van der Waals surface area contributed by atoms with Gasteiger partial charge in [-0.05, 0) is 56.2 Å². The van der Waals surface area contributed by atoms with Crippen molar-refractivity contribution in [1.82, 2.24) is 10.6 Å². The molecule has 1 fully saturated rings. The summed E-state index contributed by atoms with van der Waals surface area (Å²) in [6.07, 6.45) is 6.74. The first-order chi connectivity index (χ1) is 13.6. The van der Waals surface area contributed by atoms with Crippen LogP contribution in [0.25, 0.3) is 0 Å². The normalized spacial score (nSPS) is 23.8. The monoisotopic (exact) mass is 404 g/mol. The van der Waals surface area contributed by atoms with Gasteiger partial charge in [-0.2, -0.15) is 0 Å². The lowest BCUT2D eigenvalue weighted by molar-refractivity contribution is 0.413. The number of aliphatic imine (C=N–C) groups is 1. The van der Waals surface area contributed by atoms with Crippen molar-refractivity contribution in [2.45, 2.75) is 70.2 Å². The Hall–Kier alpha value is -1.56. The number of anilines is 1. The molecular weight excluding hydrogens is 368 g/mol. The highest BCUT2D eigenvalue weighted by Crippen LogP contribution is 2.27. The molecule has 1 aliphatic heterocycles. The molecule has 3 unspecified atom stereocenters. The van der Waals surface area contributed by atoms with Crippen LogP contribution < -0.4 is 15.5 Å². The zero-order valence-corrected chi connectivity index (χ0v) is 18.5. The first-order valence-electron chi connectivity index (χ1n) is 10.9. The molecule has 1 aromatic rings. The fraction of sp³-hybridized carbons (Fsp3) is 0.682. The van der Waals surface area contributed by atoms with E-state index in [1.807, 2.05) is 6.92 Å². The summed E-state index contributed by atoms with van der Waals surface area (Å²) < 4.78 is 12.2. The molecule has 1 heterocycles. The maximum Gasteiger partial charge on any atom is 0.191 e. The minimum Gasteiger partial charge on any atom is -0.374 e. The second-order valence-electron chi connectivity index (χ2n) is 7.98. The van der Waals surface area contributed by atoms with E-state index >= 15 is 0 Å². The summed E-state index contributed by atoms with van der Waals surface area (Å²) in [5, 5.41) is 7.31. The second kappa shape index (κ2) is 10.3. The molecule has 0 amide bonds. The van der Waals surface area contributed by atoms with E-state index in [1.165, 1.54) is 23.2 Å². The number of hydrogen-bond acceptors (Lipinski definition) is 3. The summed E-state index contributed by atoms with van der Waals surface area (Å²) in [6.45, 7) is 6.79. The van der Waals surface area contributed by atoms with E-state index in [0.29, 0.717) is 17.8 Å². The minimum absolute atomic E-state index is 0.330. The van der Waals surface area contributed by atoms with Crippen molar-refractivity contribution >= 4 is 22.4 Å². The average Bonchev–Trinajstić information content (AvgIpc) is 2.72. The second-order valence-corrected chi connectivity index (χ2v) is 9.99. The molecule has 0 radical (unpaired) electrons. The van der Waals surface area contributed by atoms with E-state index in [4.69, 9.17) is 4.99 Å². The van der Waals surface area contributed by atoms with E-state index in [-0.39, 0.29) is 0 Å². The molecule has 1 aliphatic carbocycles. The summed E-state index contributed by atoms with van der Waals surface area (Å²) in [5.74, 6) is 1.64. The van der Waals surface area contributed by atoms with Gasteiger partial charge in [-0.15, -0.1) is 0 Å². The number of rotatable bonds is 6. The van der Waals surface area contributed by atoms with Gasteiger partial charge in [0.1, 0.15) is 0 Å². The third-order valence-corrected chi connectivity index (χ3v) is 7.62. The van der Waals surface area contributed by atoms with Gasteiger partial charge < -0.3 is 15.5 Å². The largest absolute Gasteiger partial charge is 0.374 e. The number of guanidine groups is 1. The third kappa shape index (κ3) is 5.49. The summed E-state index contributed by atoms with van der Waals surface area (Å²) in [7, 11) is 1.48. The van der Waals surface area contributed by atoms with Crippen molar-refractivity contribution in [3.05, 3.63) is 29.3 Å². The van der Waals surface area contributed by atoms with Gasteiger partial charge in [0.15, 0.2) is 5.96 Å². The number of hydrogen-bond donors (Lipinski definition) is 2. The van der Waals surface area contributed by atoms with Gasteiger partial charge in [0.05, 0.1) is 6.54 Å². The van der Waals surface area contributed by atoms with Crippen LogP contribution >= 0.6 is 0 Å². The van der Waals surface area contributed by atoms with Gasteiger partial charge in [0.2, 0.25) is 0 Å². The lowest BCUT2D eigenvalue weighted by Crippen LogP contribution is -2.46. The molecule has 6 heteroatoms. The molecule has 3 atom stereocenters. The van der Waals surface area contributed by atoms with E-state index in [2.05, 4.69) is 47.7 Å². The van der Waals surface area contributed by atoms with Crippen LogP contribution in [-0.2, 0) is 23.8 Å². The topological polar surface area (TPSA) is 56.7 Å². The Balaban J connectivity index is 1.63. The minimum atomic E-state index is -0.695. The van der Waals surface area contributed by atoms with Crippen LogP contribution in [0.4, 0.5) is 5.69 Å². The van der Waals surface area contributed by atoms with Gasteiger partial charge in [0, 0.05) is 53.7 Å². The smallest absolute Gasteiger partial charge is 0.191 e. The van der Waals surface area contributed by atoms with Crippen molar-refractivity contribution in [2.24, 2.45) is 4.99 Å². The highest BCUT2D eigenvalue weighted by Gasteiger charge is 2.26. The van der Waals surface area contributed by atoms with Gasteiger partial charge in [-0.3, -0.25) is 4.21 Å². The Kier molecular flexibility index (Phi) is 7.77. The third-order valence-electron chi connectivity index (χ3n) is 5.88. The highest BCUT2D eigenvalue weighted by atomic mass is 32.2. The molecule has 3 rings (SSSR count). The van der Waals surface area contributed by atoms with E-state index in [0.717, 1.165) is 56.9 Å². The van der Waals surface area contributed by atoms with Gasteiger partial charge in [-0.25, -0.2) is 4.99 Å². The van der Waals surface area contributed by atoms with Crippen LogP contribution in [0.5, 0.6) is 0 Å². The zero-order valence-electron chi connectivity index (χ0n) is 17.7. The zero-order chi connectivity index (χ0) is 19.9. The number of fused-ring (bicyclic) bond motifs is 1. The number of aryl methyl sites for hydroxylation is 1. The van der Waals surface area contributed by atoms with Crippen molar-refractivity contribution < 1.29 is 4.21 Å². The SMILES string of the molecule is CCNC(=NCc1ccc2c(c1)CCCN2C)NC1CCCC(S(=O)CC)C1. The number of nitrogens with zero attached hydrogens (tertiary/aromatic N) is 2. The summed E-state index contributed by atoms with van der Waals surface area (Å²) in [4.78, 5) is 7.19. The van der Waals surface area contributed by atoms with Crippen LogP contribution in [0.1, 0.15) is 57.1 Å².